The number of methoxy groups -OCH3 is 1. The lowest BCUT2D eigenvalue weighted by atomic mass is 10.1. The van der Waals surface area contributed by atoms with Crippen LogP contribution in [0.25, 0.3) is 11.0 Å². The molecular formula is C16H20N2O4. The van der Waals surface area contributed by atoms with Crippen molar-refractivity contribution in [2.24, 2.45) is 0 Å². The molecule has 2 aromatic rings. The van der Waals surface area contributed by atoms with Crippen LogP contribution in [0.2, 0.25) is 0 Å². The van der Waals surface area contributed by atoms with E-state index in [0.29, 0.717) is 11.1 Å². The van der Waals surface area contributed by atoms with E-state index in [0.717, 1.165) is 5.39 Å². The first-order valence-electron chi connectivity index (χ1n) is 7.09. The molecule has 118 valence electrons. The second-order valence-corrected chi connectivity index (χ2v) is 5.24. The molecule has 6 nitrogen and oxygen atoms in total. The van der Waals surface area contributed by atoms with Crippen molar-refractivity contribution >= 4 is 22.8 Å². The van der Waals surface area contributed by atoms with E-state index in [1.165, 1.54) is 0 Å². The summed E-state index contributed by atoms with van der Waals surface area (Å²) < 4.78 is 10.7. The lowest BCUT2D eigenvalue weighted by Gasteiger charge is -2.09. The number of amides is 2. The van der Waals surface area contributed by atoms with Gasteiger partial charge in [-0.25, -0.2) is 0 Å². The highest BCUT2D eigenvalue weighted by molar-refractivity contribution is 6.00. The van der Waals surface area contributed by atoms with Gasteiger partial charge in [-0.05, 0) is 19.9 Å². The van der Waals surface area contributed by atoms with Gasteiger partial charge in [0.05, 0.1) is 13.2 Å². The van der Waals surface area contributed by atoms with E-state index < -0.39 is 5.91 Å². The van der Waals surface area contributed by atoms with E-state index in [2.05, 4.69) is 10.6 Å². The van der Waals surface area contributed by atoms with Gasteiger partial charge < -0.3 is 19.8 Å². The zero-order valence-electron chi connectivity index (χ0n) is 12.9. The number of hydrogen-bond acceptors (Lipinski definition) is 4. The van der Waals surface area contributed by atoms with E-state index in [9.17, 15) is 9.59 Å². The second kappa shape index (κ2) is 7.09. The topological polar surface area (TPSA) is 80.6 Å². The third kappa shape index (κ3) is 3.65. The molecule has 0 bridgehead atoms. The number of hydrogen-bond donors (Lipinski definition) is 2. The van der Waals surface area contributed by atoms with Crippen molar-refractivity contribution in [2.75, 3.05) is 13.7 Å². The van der Waals surface area contributed by atoms with Gasteiger partial charge in [0.15, 0.2) is 5.76 Å². The average molecular weight is 304 g/mol. The molecule has 0 unspecified atom stereocenters. The van der Waals surface area contributed by atoms with Crippen LogP contribution in [0.5, 0.6) is 0 Å². The molecule has 0 saturated heterocycles. The summed E-state index contributed by atoms with van der Waals surface area (Å²) in [5.41, 5.74) is 1.30. The molecule has 0 radical (unpaired) electrons. The third-order valence-corrected chi connectivity index (χ3v) is 3.05. The molecule has 0 saturated carbocycles. The maximum absolute atomic E-state index is 12.3. The van der Waals surface area contributed by atoms with Crippen molar-refractivity contribution in [1.82, 2.24) is 10.6 Å². The fourth-order valence-electron chi connectivity index (χ4n) is 2.18. The van der Waals surface area contributed by atoms with Crippen LogP contribution in [0.3, 0.4) is 0 Å². The van der Waals surface area contributed by atoms with Gasteiger partial charge in [0.2, 0.25) is 5.91 Å². The predicted molar refractivity (Wildman–Crippen MR) is 82.5 cm³/mol. The van der Waals surface area contributed by atoms with Gasteiger partial charge in [0.25, 0.3) is 5.91 Å². The van der Waals surface area contributed by atoms with Crippen molar-refractivity contribution < 1.29 is 18.7 Å². The molecule has 1 aromatic carbocycles. The van der Waals surface area contributed by atoms with E-state index in [1.807, 2.05) is 32.0 Å². The highest BCUT2D eigenvalue weighted by atomic mass is 16.5. The van der Waals surface area contributed by atoms with Crippen molar-refractivity contribution in [3.8, 4) is 0 Å². The average Bonchev–Trinajstić information content (AvgIpc) is 2.84. The Kier molecular flexibility index (Phi) is 5.16. The second-order valence-electron chi connectivity index (χ2n) is 5.24. The minimum Gasteiger partial charge on any atom is -0.451 e. The Morgan fingerprint density at radius 3 is 2.68 bits per heavy atom. The lowest BCUT2D eigenvalue weighted by molar-refractivity contribution is -0.120. The quantitative estimate of drug-likeness (QED) is 0.853. The molecule has 0 spiro atoms. The fraction of sp³-hybridized carbons (Fsp3) is 0.375. The lowest BCUT2D eigenvalue weighted by Crippen LogP contribution is -2.39. The molecule has 0 aliphatic carbocycles. The molecule has 6 heteroatoms. The number of ether oxygens (including phenoxy) is 1. The van der Waals surface area contributed by atoms with E-state index in [1.54, 1.807) is 13.2 Å². The van der Waals surface area contributed by atoms with Crippen LogP contribution >= 0.6 is 0 Å². The first-order valence-corrected chi connectivity index (χ1v) is 7.09. The van der Waals surface area contributed by atoms with Crippen LogP contribution in [0.15, 0.2) is 28.7 Å². The zero-order valence-corrected chi connectivity index (χ0v) is 12.9. The summed E-state index contributed by atoms with van der Waals surface area (Å²) in [6.45, 7) is 3.88. The molecule has 2 amide bonds. The summed E-state index contributed by atoms with van der Waals surface area (Å²) in [5, 5.41) is 6.10. The van der Waals surface area contributed by atoms with Crippen LogP contribution in [0.4, 0.5) is 0 Å². The van der Waals surface area contributed by atoms with Crippen molar-refractivity contribution in [1.29, 1.82) is 0 Å². The van der Waals surface area contributed by atoms with Gasteiger partial charge in [-0.2, -0.15) is 0 Å². The first-order chi connectivity index (χ1) is 10.5. The number of fused-ring (bicyclic) bond motifs is 1. The van der Waals surface area contributed by atoms with E-state index in [-0.39, 0.29) is 30.9 Å². The van der Waals surface area contributed by atoms with Crippen LogP contribution in [0, 0.1) is 0 Å². The molecule has 0 aliphatic rings. The molecule has 0 fully saturated rings. The van der Waals surface area contributed by atoms with Gasteiger partial charge in [-0.1, -0.05) is 18.2 Å². The Hall–Kier alpha value is -2.34. The van der Waals surface area contributed by atoms with Crippen LogP contribution in [-0.2, 0) is 16.1 Å². The number of rotatable bonds is 6. The molecule has 2 N–H and O–H groups in total. The molecule has 0 aliphatic heterocycles. The Balaban J connectivity index is 2.17. The number of nitrogens with one attached hydrogen (secondary N) is 2. The standard InChI is InChI=1S/C16H20N2O4/c1-10(2)18-14(19)8-17-16(20)15-12(9-21-3)11-6-4-5-7-13(11)22-15/h4-7,10H,8-9H2,1-3H3,(H,17,20)(H,18,19). The number of para-hydroxylation sites is 1. The molecule has 22 heavy (non-hydrogen) atoms. The number of carbonyl (C=O) groups is 2. The highest BCUT2D eigenvalue weighted by Gasteiger charge is 2.20. The minimum atomic E-state index is -0.429. The molecule has 1 aromatic heterocycles. The van der Waals surface area contributed by atoms with Crippen molar-refractivity contribution in [2.45, 2.75) is 26.5 Å². The number of carbonyl (C=O) groups excluding carboxylic acids is 2. The van der Waals surface area contributed by atoms with Crippen molar-refractivity contribution in [3.63, 3.8) is 0 Å². The summed E-state index contributed by atoms with van der Waals surface area (Å²) in [5.74, 6) is -0.490. The van der Waals surface area contributed by atoms with Gasteiger partial charge in [0, 0.05) is 24.1 Å². The number of benzene rings is 1. The van der Waals surface area contributed by atoms with Crippen molar-refractivity contribution in [3.05, 3.63) is 35.6 Å². The van der Waals surface area contributed by atoms with E-state index >= 15 is 0 Å². The first kappa shape index (κ1) is 16.0. The SMILES string of the molecule is COCc1c(C(=O)NCC(=O)NC(C)C)oc2ccccc12. The summed E-state index contributed by atoms with van der Waals surface area (Å²) in [7, 11) is 1.56. The van der Waals surface area contributed by atoms with Crippen LogP contribution in [-0.4, -0.2) is 31.5 Å². The maximum Gasteiger partial charge on any atom is 0.287 e. The monoisotopic (exact) mass is 304 g/mol. The molecule has 0 atom stereocenters. The third-order valence-electron chi connectivity index (χ3n) is 3.05. The van der Waals surface area contributed by atoms with Crippen LogP contribution in [0.1, 0.15) is 30.0 Å². The summed E-state index contributed by atoms with van der Waals surface area (Å²) in [6, 6.07) is 7.39. The summed E-state index contributed by atoms with van der Waals surface area (Å²) in [4.78, 5) is 23.9. The maximum atomic E-state index is 12.3. The molecule has 2 rings (SSSR count). The summed E-state index contributed by atoms with van der Waals surface area (Å²) >= 11 is 0. The Labute approximate surface area is 128 Å². The number of furan rings is 1. The predicted octanol–water partition coefficient (Wildman–Crippen LogP) is 1.83. The Morgan fingerprint density at radius 2 is 2.00 bits per heavy atom. The van der Waals surface area contributed by atoms with Crippen LogP contribution < -0.4 is 10.6 Å². The van der Waals surface area contributed by atoms with E-state index in [4.69, 9.17) is 9.15 Å². The van der Waals surface area contributed by atoms with Gasteiger partial charge in [-0.15, -0.1) is 0 Å². The molecule has 1 heterocycles. The largest absolute Gasteiger partial charge is 0.451 e. The Bertz CT molecular complexity index is 676. The minimum absolute atomic E-state index is 0.0275. The Morgan fingerprint density at radius 1 is 1.27 bits per heavy atom. The molecular weight excluding hydrogens is 284 g/mol. The summed E-state index contributed by atoms with van der Waals surface area (Å²) in [6.07, 6.45) is 0. The smallest absolute Gasteiger partial charge is 0.287 e. The normalized spacial score (nSPS) is 10.9. The van der Waals surface area contributed by atoms with Gasteiger partial charge >= 0.3 is 0 Å². The zero-order chi connectivity index (χ0) is 16.1. The highest BCUT2D eigenvalue weighted by Crippen LogP contribution is 2.26. The van der Waals surface area contributed by atoms with Gasteiger partial charge in [0.1, 0.15) is 5.58 Å². The fourth-order valence-corrected chi connectivity index (χ4v) is 2.18. The van der Waals surface area contributed by atoms with Gasteiger partial charge in [-0.3, -0.25) is 9.59 Å².